The van der Waals surface area contributed by atoms with Crippen molar-refractivity contribution in [2.24, 2.45) is 0 Å². The zero-order chi connectivity index (χ0) is 11.3. The maximum Gasteiger partial charge on any atom is 0.170 e. The van der Waals surface area contributed by atoms with E-state index in [2.05, 4.69) is 0 Å². The summed E-state index contributed by atoms with van der Waals surface area (Å²) >= 11 is 0. The van der Waals surface area contributed by atoms with Crippen molar-refractivity contribution in [1.29, 1.82) is 0 Å². The van der Waals surface area contributed by atoms with Gasteiger partial charge in [-0.3, -0.25) is 9.59 Å². The average Bonchev–Trinajstić information content (AvgIpc) is 2.17. The zero-order valence-electron chi connectivity index (χ0n) is 8.43. The van der Waals surface area contributed by atoms with Crippen LogP contribution in [-0.2, 0) is 4.79 Å². The first-order chi connectivity index (χ1) is 7.09. The first-order valence-electron chi connectivity index (χ1n) is 4.58. The molecule has 3 nitrogen and oxygen atoms in total. The van der Waals surface area contributed by atoms with Gasteiger partial charge in [0.25, 0.3) is 0 Å². The monoisotopic (exact) mass is 204 g/mol. The lowest BCUT2D eigenvalue weighted by molar-refractivity contribution is -0.112. The molecule has 1 rings (SSSR count). The number of ketones is 2. The first kappa shape index (κ1) is 11.2. The number of hydrogen-bond acceptors (Lipinski definition) is 3. The Morgan fingerprint density at radius 3 is 2.40 bits per heavy atom. The summed E-state index contributed by atoms with van der Waals surface area (Å²) in [6.07, 6.45) is 0.921. The van der Waals surface area contributed by atoms with E-state index < -0.39 is 0 Å². The Bertz CT molecular complexity index is 391. The molecule has 0 bridgehead atoms. The minimum absolute atomic E-state index is 0.135. The molecule has 0 aliphatic heterocycles. The molecule has 0 aliphatic carbocycles. The van der Waals surface area contributed by atoms with Gasteiger partial charge < -0.3 is 5.11 Å². The van der Waals surface area contributed by atoms with Crippen molar-refractivity contribution in [2.45, 2.75) is 13.3 Å². The molecular formula is C12H12O3. The lowest BCUT2D eigenvalue weighted by Gasteiger charge is -1.99. The third-order valence-electron chi connectivity index (χ3n) is 1.81. The molecule has 0 atom stereocenters. The fourth-order valence-corrected chi connectivity index (χ4v) is 1.18. The van der Waals surface area contributed by atoms with Crippen LogP contribution < -0.4 is 0 Å². The van der Waals surface area contributed by atoms with Crippen molar-refractivity contribution in [3.63, 3.8) is 0 Å². The summed E-state index contributed by atoms with van der Waals surface area (Å²) in [7, 11) is 0. The largest absolute Gasteiger partial charge is 0.512 e. The topological polar surface area (TPSA) is 54.4 Å². The molecule has 0 fully saturated rings. The maximum absolute atomic E-state index is 11.5. The summed E-state index contributed by atoms with van der Waals surface area (Å²) in [5.41, 5.74) is 0.529. The summed E-state index contributed by atoms with van der Waals surface area (Å²) in [6, 6.07) is 8.65. The summed E-state index contributed by atoms with van der Waals surface area (Å²) in [6.45, 7) is 1.32. The highest BCUT2D eigenvalue weighted by molar-refractivity contribution is 5.98. The van der Waals surface area contributed by atoms with E-state index in [1.165, 1.54) is 6.92 Å². The fraction of sp³-hybridized carbons (Fsp3) is 0.167. The number of hydrogen-bond donors (Lipinski definition) is 1. The SMILES string of the molecule is CC(=O)C=C(O)CC(=O)c1ccccc1. The van der Waals surface area contributed by atoms with E-state index in [1.807, 2.05) is 6.07 Å². The van der Waals surface area contributed by atoms with E-state index in [0.29, 0.717) is 5.56 Å². The molecule has 15 heavy (non-hydrogen) atoms. The number of Topliss-reactive ketones (excluding diaryl/α,β-unsaturated/α-hetero) is 1. The molecule has 1 N–H and O–H groups in total. The minimum atomic E-state index is -0.270. The standard InChI is InChI=1S/C12H12O3/c1-9(13)7-11(14)8-12(15)10-5-3-2-4-6-10/h2-7,14H,8H2,1H3. The van der Waals surface area contributed by atoms with Crippen molar-refractivity contribution < 1.29 is 14.7 Å². The molecule has 0 spiro atoms. The lowest BCUT2D eigenvalue weighted by Crippen LogP contribution is -2.01. The molecule has 78 valence electrons. The van der Waals surface area contributed by atoms with E-state index >= 15 is 0 Å². The molecule has 0 amide bonds. The Balaban J connectivity index is 2.69. The highest BCUT2D eigenvalue weighted by atomic mass is 16.3. The van der Waals surface area contributed by atoms with Gasteiger partial charge in [0, 0.05) is 11.6 Å². The van der Waals surface area contributed by atoms with E-state index in [4.69, 9.17) is 0 Å². The second kappa shape index (κ2) is 5.10. The van der Waals surface area contributed by atoms with Gasteiger partial charge in [-0.2, -0.15) is 0 Å². The highest BCUT2D eigenvalue weighted by Gasteiger charge is 2.07. The van der Waals surface area contributed by atoms with Crippen LogP contribution >= 0.6 is 0 Å². The van der Waals surface area contributed by atoms with E-state index in [1.54, 1.807) is 24.3 Å². The Morgan fingerprint density at radius 2 is 1.87 bits per heavy atom. The van der Waals surface area contributed by atoms with Gasteiger partial charge in [0.05, 0.1) is 6.42 Å². The number of aliphatic hydroxyl groups excluding tert-OH is 1. The second-order valence-electron chi connectivity index (χ2n) is 3.21. The molecule has 0 radical (unpaired) electrons. The van der Waals surface area contributed by atoms with Gasteiger partial charge in [-0.05, 0) is 6.92 Å². The summed E-state index contributed by atoms with van der Waals surface area (Å²) in [5, 5.41) is 9.27. The molecule has 0 saturated carbocycles. The van der Waals surface area contributed by atoms with E-state index in [0.717, 1.165) is 6.08 Å². The minimum Gasteiger partial charge on any atom is -0.512 e. The molecule has 0 saturated heterocycles. The fourth-order valence-electron chi connectivity index (χ4n) is 1.18. The lowest BCUT2D eigenvalue weighted by atomic mass is 10.1. The number of allylic oxidation sites excluding steroid dienone is 2. The van der Waals surface area contributed by atoms with Crippen molar-refractivity contribution in [2.75, 3.05) is 0 Å². The number of carbonyl (C=O) groups excluding carboxylic acids is 2. The van der Waals surface area contributed by atoms with Crippen molar-refractivity contribution in [1.82, 2.24) is 0 Å². The average molecular weight is 204 g/mol. The third kappa shape index (κ3) is 3.77. The van der Waals surface area contributed by atoms with Gasteiger partial charge in [-0.15, -0.1) is 0 Å². The van der Waals surface area contributed by atoms with Crippen LogP contribution in [0.1, 0.15) is 23.7 Å². The molecule has 0 heterocycles. The Morgan fingerprint density at radius 1 is 1.27 bits per heavy atom. The van der Waals surface area contributed by atoms with Gasteiger partial charge in [-0.25, -0.2) is 0 Å². The molecular weight excluding hydrogens is 192 g/mol. The predicted molar refractivity (Wildman–Crippen MR) is 56.8 cm³/mol. The van der Waals surface area contributed by atoms with Gasteiger partial charge in [0.2, 0.25) is 0 Å². The Labute approximate surface area is 88.0 Å². The Hall–Kier alpha value is -1.90. The van der Waals surface area contributed by atoms with Gasteiger partial charge in [0.15, 0.2) is 11.6 Å². The van der Waals surface area contributed by atoms with Crippen LogP contribution in [0.5, 0.6) is 0 Å². The number of aliphatic hydroxyl groups is 1. The number of rotatable bonds is 4. The first-order valence-corrected chi connectivity index (χ1v) is 4.58. The van der Waals surface area contributed by atoms with Crippen molar-refractivity contribution in [3.05, 3.63) is 47.7 Å². The smallest absolute Gasteiger partial charge is 0.170 e. The van der Waals surface area contributed by atoms with Crippen LogP contribution in [0.15, 0.2) is 42.2 Å². The van der Waals surface area contributed by atoms with Crippen LogP contribution in [0.2, 0.25) is 0 Å². The normalized spacial score (nSPS) is 11.1. The zero-order valence-corrected chi connectivity index (χ0v) is 8.43. The Kier molecular flexibility index (Phi) is 3.80. The second-order valence-corrected chi connectivity index (χ2v) is 3.21. The van der Waals surface area contributed by atoms with E-state index in [-0.39, 0.29) is 23.7 Å². The van der Waals surface area contributed by atoms with Crippen LogP contribution in [0, 0.1) is 0 Å². The van der Waals surface area contributed by atoms with Gasteiger partial charge in [-0.1, -0.05) is 30.3 Å². The third-order valence-corrected chi connectivity index (χ3v) is 1.81. The maximum atomic E-state index is 11.5. The summed E-state index contributed by atoms with van der Waals surface area (Å²) in [5.74, 6) is -0.671. The molecule has 3 heteroatoms. The highest BCUT2D eigenvalue weighted by Crippen LogP contribution is 2.07. The molecule has 0 unspecified atom stereocenters. The summed E-state index contributed by atoms with van der Waals surface area (Å²) in [4.78, 5) is 22.1. The molecule has 1 aromatic rings. The molecule has 1 aromatic carbocycles. The summed E-state index contributed by atoms with van der Waals surface area (Å²) < 4.78 is 0. The van der Waals surface area contributed by atoms with Crippen LogP contribution in [0.4, 0.5) is 0 Å². The van der Waals surface area contributed by atoms with Crippen LogP contribution in [-0.4, -0.2) is 16.7 Å². The van der Waals surface area contributed by atoms with Gasteiger partial charge >= 0.3 is 0 Å². The molecule has 0 aliphatic rings. The van der Waals surface area contributed by atoms with E-state index in [9.17, 15) is 14.7 Å². The van der Waals surface area contributed by atoms with Crippen LogP contribution in [0.3, 0.4) is 0 Å². The quantitative estimate of drug-likeness (QED) is 0.465. The van der Waals surface area contributed by atoms with Crippen LogP contribution in [0.25, 0.3) is 0 Å². The van der Waals surface area contributed by atoms with Crippen molar-refractivity contribution >= 4 is 11.6 Å². The predicted octanol–water partition coefficient (Wildman–Crippen LogP) is 2.29. The van der Waals surface area contributed by atoms with Crippen molar-refractivity contribution in [3.8, 4) is 0 Å². The number of benzene rings is 1. The molecule has 0 aromatic heterocycles. The van der Waals surface area contributed by atoms with Gasteiger partial charge in [0.1, 0.15) is 5.76 Å². The number of carbonyl (C=O) groups is 2.